The van der Waals surface area contributed by atoms with E-state index in [1.165, 1.54) is 37.7 Å². The second kappa shape index (κ2) is 8.61. The zero-order valence-electron chi connectivity index (χ0n) is 24.7. The van der Waals surface area contributed by atoms with Crippen molar-refractivity contribution in [3.8, 4) is 12.3 Å². The minimum Gasteiger partial charge on any atom is -0.462 e. The fourth-order valence-electron chi connectivity index (χ4n) is 12.2. The molecule has 0 aromatic carbocycles. The molecule has 0 amide bonds. The van der Waals surface area contributed by atoms with Crippen molar-refractivity contribution in [2.45, 2.75) is 125 Å². The average molecular weight is 509 g/mol. The number of terminal acetylenes is 1. The number of carbonyl (C=O) groups excluding carboxylic acids is 1. The molecule has 206 valence electrons. The lowest BCUT2D eigenvalue weighted by Gasteiger charge is -2.73. The van der Waals surface area contributed by atoms with Gasteiger partial charge in [-0.15, -0.1) is 6.42 Å². The van der Waals surface area contributed by atoms with Crippen molar-refractivity contribution in [2.75, 3.05) is 0 Å². The molecule has 5 saturated carbocycles. The Kier molecular flexibility index (Phi) is 6.36. The molecule has 0 spiro atoms. The van der Waals surface area contributed by atoms with Crippen LogP contribution in [0, 0.1) is 69.0 Å². The molecule has 0 bridgehead atoms. The minimum absolute atomic E-state index is 0.00707. The zero-order chi connectivity index (χ0) is 27.2. The first kappa shape index (κ1) is 27.3. The van der Waals surface area contributed by atoms with Crippen molar-refractivity contribution < 1.29 is 14.6 Å². The van der Waals surface area contributed by atoms with Crippen LogP contribution in [0.25, 0.3) is 0 Å². The summed E-state index contributed by atoms with van der Waals surface area (Å²) in [7, 11) is 0. The molecular weight excluding hydrogens is 456 g/mol. The van der Waals surface area contributed by atoms with Gasteiger partial charge >= 0.3 is 5.97 Å². The summed E-state index contributed by atoms with van der Waals surface area (Å²) >= 11 is 0. The number of hydrogen-bond donors (Lipinski definition) is 1. The van der Waals surface area contributed by atoms with Crippen LogP contribution in [0.2, 0.25) is 0 Å². The van der Waals surface area contributed by atoms with Crippen molar-refractivity contribution in [1.29, 1.82) is 0 Å². The number of rotatable bonds is 3. The molecule has 37 heavy (non-hydrogen) atoms. The lowest BCUT2D eigenvalue weighted by Crippen LogP contribution is -2.67. The van der Waals surface area contributed by atoms with Crippen LogP contribution in [0.1, 0.15) is 113 Å². The molecule has 0 radical (unpaired) electrons. The largest absolute Gasteiger partial charge is 0.462 e. The number of esters is 1. The molecular formula is C34H52O3. The molecule has 3 nitrogen and oxygen atoms in total. The van der Waals surface area contributed by atoms with Gasteiger partial charge in [-0.1, -0.05) is 52.7 Å². The van der Waals surface area contributed by atoms with Crippen molar-refractivity contribution in [2.24, 2.45) is 56.7 Å². The standard InChI is InChI=1S/C34H52O3/c1-10-27(36)34-18-13-23(21(2)3)29(34)24-11-12-26-31(7)16-15-28(37-22(4)35)30(5,6)25(31)14-17-33(26,9)32(24,8)19-20-34/h1,23-29,36H,2,11-20H2,3-9H3/t23-,24+,25-,26+,27+,28-,29+,31-,32+,33+,34+/m0/s1. The van der Waals surface area contributed by atoms with Gasteiger partial charge in [0.1, 0.15) is 12.2 Å². The molecule has 5 aliphatic rings. The van der Waals surface area contributed by atoms with Crippen LogP contribution >= 0.6 is 0 Å². The Hall–Kier alpha value is -1.27. The van der Waals surface area contributed by atoms with Gasteiger partial charge in [0.25, 0.3) is 0 Å². The Morgan fingerprint density at radius 3 is 2.24 bits per heavy atom. The molecule has 5 fully saturated rings. The van der Waals surface area contributed by atoms with Gasteiger partial charge in [-0.25, -0.2) is 0 Å². The first-order valence-corrected chi connectivity index (χ1v) is 15.2. The maximum atomic E-state index is 11.9. The lowest BCUT2D eigenvalue weighted by molar-refractivity contribution is -0.253. The number of ether oxygens (including phenoxy) is 1. The highest BCUT2D eigenvalue weighted by molar-refractivity contribution is 5.66. The van der Waals surface area contributed by atoms with E-state index in [0.717, 1.165) is 32.1 Å². The topological polar surface area (TPSA) is 46.5 Å². The number of fused-ring (bicyclic) bond motifs is 7. The first-order chi connectivity index (χ1) is 17.2. The Labute approximate surface area is 226 Å². The third-order valence-corrected chi connectivity index (χ3v) is 14.1. The first-order valence-electron chi connectivity index (χ1n) is 15.2. The van der Waals surface area contributed by atoms with Crippen molar-refractivity contribution >= 4 is 5.97 Å². The molecule has 3 heteroatoms. The molecule has 5 rings (SSSR count). The van der Waals surface area contributed by atoms with E-state index in [1.807, 2.05) is 0 Å². The predicted octanol–water partition coefficient (Wildman–Crippen LogP) is 7.57. The zero-order valence-corrected chi connectivity index (χ0v) is 24.7. The van der Waals surface area contributed by atoms with Crippen molar-refractivity contribution in [1.82, 2.24) is 0 Å². The SMILES string of the molecule is C#C[C@@H](O)[C@]12CC[C@@H](C(=C)C)[C@@H]1[C@H]1CC[C@@H]3[C@@]4(C)CC[C@H](OC(C)=O)C(C)(C)[C@@H]4CC[C@@]3(C)[C@]1(C)CC2. The normalized spacial score (nSPS) is 50.9. The van der Waals surface area contributed by atoms with E-state index in [-0.39, 0.29) is 39.1 Å². The highest BCUT2D eigenvalue weighted by Crippen LogP contribution is 2.77. The van der Waals surface area contributed by atoms with E-state index in [0.29, 0.717) is 29.6 Å². The second-order valence-electron chi connectivity index (χ2n) is 15.4. The van der Waals surface area contributed by atoms with E-state index in [9.17, 15) is 9.90 Å². The fraction of sp³-hybridized carbons (Fsp3) is 0.853. The van der Waals surface area contributed by atoms with E-state index >= 15 is 0 Å². The second-order valence-corrected chi connectivity index (χ2v) is 15.4. The summed E-state index contributed by atoms with van der Waals surface area (Å²) in [4.78, 5) is 11.9. The third-order valence-electron chi connectivity index (χ3n) is 14.1. The summed E-state index contributed by atoms with van der Waals surface area (Å²) in [6.07, 6.45) is 16.7. The highest BCUT2D eigenvalue weighted by atomic mass is 16.5. The number of allylic oxidation sites excluding steroid dienone is 1. The van der Waals surface area contributed by atoms with E-state index in [2.05, 4.69) is 54.0 Å². The number of hydrogen-bond acceptors (Lipinski definition) is 3. The number of aliphatic hydroxyl groups excluding tert-OH is 1. The van der Waals surface area contributed by atoms with Crippen LogP contribution in [0.4, 0.5) is 0 Å². The van der Waals surface area contributed by atoms with Crippen LogP contribution in [-0.2, 0) is 9.53 Å². The molecule has 0 heterocycles. The van der Waals surface area contributed by atoms with Crippen molar-refractivity contribution in [3.05, 3.63) is 12.2 Å². The Morgan fingerprint density at radius 1 is 0.919 bits per heavy atom. The van der Waals surface area contributed by atoms with Crippen LogP contribution in [-0.4, -0.2) is 23.3 Å². The summed E-state index contributed by atoms with van der Waals surface area (Å²) in [5.74, 6) is 5.38. The maximum absolute atomic E-state index is 11.9. The Morgan fingerprint density at radius 2 is 1.62 bits per heavy atom. The van der Waals surface area contributed by atoms with Crippen LogP contribution < -0.4 is 0 Å². The van der Waals surface area contributed by atoms with Gasteiger partial charge in [-0.05, 0) is 117 Å². The molecule has 11 atom stereocenters. The molecule has 0 aromatic rings. The van der Waals surface area contributed by atoms with Crippen LogP contribution in [0.3, 0.4) is 0 Å². The van der Waals surface area contributed by atoms with E-state index < -0.39 is 6.10 Å². The third kappa shape index (κ3) is 3.46. The molecule has 0 aromatic heterocycles. The van der Waals surface area contributed by atoms with E-state index in [1.54, 1.807) is 6.92 Å². The molecule has 0 aliphatic heterocycles. The number of aliphatic hydroxyl groups is 1. The molecule has 0 saturated heterocycles. The van der Waals surface area contributed by atoms with Gasteiger partial charge in [-0.3, -0.25) is 4.79 Å². The van der Waals surface area contributed by atoms with Gasteiger partial charge in [0.05, 0.1) is 0 Å². The summed E-state index contributed by atoms with van der Waals surface area (Å²) in [5, 5.41) is 11.3. The van der Waals surface area contributed by atoms with Gasteiger partial charge in [0.15, 0.2) is 0 Å². The predicted molar refractivity (Wildman–Crippen MR) is 149 cm³/mol. The fourth-order valence-corrected chi connectivity index (χ4v) is 12.2. The highest BCUT2D eigenvalue weighted by Gasteiger charge is 2.71. The van der Waals surface area contributed by atoms with Gasteiger partial charge in [0.2, 0.25) is 0 Å². The minimum atomic E-state index is -0.650. The van der Waals surface area contributed by atoms with Crippen molar-refractivity contribution in [3.63, 3.8) is 0 Å². The van der Waals surface area contributed by atoms with Crippen LogP contribution in [0.5, 0.6) is 0 Å². The summed E-state index contributed by atoms with van der Waals surface area (Å²) in [6.45, 7) is 20.8. The summed E-state index contributed by atoms with van der Waals surface area (Å²) < 4.78 is 5.91. The Bertz CT molecular complexity index is 1010. The lowest BCUT2D eigenvalue weighted by atomic mass is 9.32. The molecule has 1 N–H and O–H groups in total. The van der Waals surface area contributed by atoms with Gasteiger partial charge in [0, 0.05) is 17.8 Å². The quantitative estimate of drug-likeness (QED) is 0.243. The smallest absolute Gasteiger partial charge is 0.302 e. The molecule has 0 unspecified atom stereocenters. The average Bonchev–Trinajstić information content (AvgIpc) is 3.22. The number of carbonyl (C=O) groups is 1. The van der Waals surface area contributed by atoms with Gasteiger partial charge in [-0.2, -0.15) is 0 Å². The van der Waals surface area contributed by atoms with Gasteiger partial charge < -0.3 is 9.84 Å². The summed E-state index contributed by atoms with van der Waals surface area (Å²) in [5.41, 5.74) is 1.90. The maximum Gasteiger partial charge on any atom is 0.302 e. The molecule has 5 aliphatic carbocycles. The van der Waals surface area contributed by atoms with E-state index in [4.69, 9.17) is 11.2 Å². The Balaban J connectivity index is 1.52. The summed E-state index contributed by atoms with van der Waals surface area (Å²) in [6, 6.07) is 0. The van der Waals surface area contributed by atoms with Crippen LogP contribution in [0.15, 0.2) is 12.2 Å². The monoisotopic (exact) mass is 508 g/mol.